The van der Waals surface area contributed by atoms with E-state index in [1.54, 1.807) is 6.07 Å². The van der Waals surface area contributed by atoms with E-state index in [2.05, 4.69) is 14.6 Å². The Bertz CT molecular complexity index is 1210. The van der Waals surface area contributed by atoms with Gasteiger partial charge in [0.25, 0.3) is 0 Å². The summed E-state index contributed by atoms with van der Waals surface area (Å²) < 4.78 is 38.9. The average Bonchev–Trinajstić information content (AvgIpc) is 3.32. The second-order valence-corrected chi connectivity index (χ2v) is 9.21. The van der Waals surface area contributed by atoms with Gasteiger partial charge in [-0.05, 0) is 43.5 Å². The molecule has 0 unspecified atom stereocenters. The van der Waals surface area contributed by atoms with Gasteiger partial charge in [-0.3, -0.25) is 0 Å². The molecule has 0 bridgehead atoms. The van der Waals surface area contributed by atoms with Crippen LogP contribution in [0, 0.1) is 6.92 Å². The summed E-state index contributed by atoms with van der Waals surface area (Å²) in [5.74, 6) is 2.02. The van der Waals surface area contributed by atoms with E-state index in [0.717, 1.165) is 48.2 Å². The van der Waals surface area contributed by atoms with Crippen LogP contribution in [0.4, 0.5) is 5.82 Å². The molecule has 0 atom stereocenters. The smallest absolute Gasteiger partial charge is 0.244 e. The summed E-state index contributed by atoms with van der Waals surface area (Å²) in [6.45, 7) is 3.85. The summed E-state index contributed by atoms with van der Waals surface area (Å²) in [5, 5.41) is 0.991. The van der Waals surface area contributed by atoms with Gasteiger partial charge in [-0.2, -0.15) is 0 Å². The first-order chi connectivity index (χ1) is 14.9. The Labute approximate surface area is 182 Å². The van der Waals surface area contributed by atoms with Crippen molar-refractivity contribution in [2.45, 2.75) is 31.2 Å². The number of nitrogens with one attached hydrogen (secondary N) is 1. The van der Waals surface area contributed by atoms with Crippen molar-refractivity contribution >= 4 is 26.7 Å². The van der Waals surface area contributed by atoms with Crippen LogP contribution in [0.25, 0.3) is 10.9 Å². The Balaban J connectivity index is 1.67. The third-order valence-corrected chi connectivity index (χ3v) is 6.88. The molecule has 0 aliphatic carbocycles. The Hall–Kier alpha value is -2.91. The number of hydrogen-bond donors (Lipinski definition) is 1. The number of aryl methyl sites for hydroxylation is 1. The lowest BCUT2D eigenvalue weighted by Crippen LogP contribution is -2.26. The molecule has 1 aromatic heterocycles. The number of methoxy groups -OCH3 is 2. The fourth-order valence-corrected chi connectivity index (χ4v) is 4.94. The second-order valence-electron chi connectivity index (χ2n) is 7.47. The molecule has 8 nitrogen and oxygen atoms in total. The standard InChI is InChI=1S/C22H26N4O4S/c1-15-7-6-8-17-21(15)24-20(25-22(17)26-11-4-5-12-26)14-23-31(27,28)19-10-9-16(29-2)13-18(19)30-3/h6-10,13,23H,4-5,11-12,14H2,1-3H3. The summed E-state index contributed by atoms with van der Waals surface area (Å²) in [7, 11) is -0.912. The molecule has 0 radical (unpaired) electrons. The molecule has 4 rings (SSSR count). The van der Waals surface area contributed by atoms with Crippen LogP contribution in [0.15, 0.2) is 41.3 Å². The minimum atomic E-state index is -3.85. The van der Waals surface area contributed by atoms with Gasteiger partial charge in [0, 0.05) is 24.5 Å². The molecular weight excluding hydrogens is 416 g/mol. The zero-order valence-corrected chi connectivity index (χ0v) is 18.7. The maximum Gasteiger partial charge on any atom is 0.244 e. The first-order valence-corrected chi connectivity index (χ1v) is 11.6. The molecule has 1 aliphatic heterocycles. The van der Waals surface area contributed by atoms with Crippen LogP contribution in [0.1, 0.15) is 24.2 Å². The highest BCUT2D eigenvalue weighted by Gasteiger charge is 2.22. The minimum Gasteiger partial charge on any atom is -0.497 e. The van der Waals surface area contributed by atoms with Crippen LogP contribution in [0.3, 0.4) is 0 Å². The number of sulfonamides is 1. The molecule has 3 aromatic rings. The van der Waals surface area contributed by atoms with E-state index in [-0.39, 0.29) is 17.2 Å². The van der Waals surface area contributed by atoms with Crippen LogP contribution in [-0.2, 0) is 16.6 Å². The van der Waals surface area contributed by atoms with Crippen LogP contribution >= 0.6 is 0 Å². The third-order valence-electron chi connectivity index (χ3n) is 5.44. The van der Waals surface area contributed by atoms with Gasteiger partial charge in [-0.15, -0.1) is 0 Å². The van der Waals surface area contributed by atoms with Gasteiger partial charge in [0.05, 0.1) is 26.3 Å². The molecule has 31 heavy (non-hydrogen) atoms. The van der Waals surface area contributed by atoms with Crippen molar-refractivity contribution in [1.82, 2.24) is 14.7 Å². The Kier molecular flexibility index (Phi) is 5.97. The number of ether oxygens (including phenoxy) is 2. The second kappa shape index (κ2) is 8.68. The number of nitrogens with zero attached hydrogens (tertiary/aromatic N) is 3. The highest BCUT2D eigenvalue weighted by molar-refractivity contribution is 7.89. The van der Waals surface area contributed by atoms with E-state index in [1.807, 2.05) is 25.1 Å². The molecule has 9 heteroatoms. The molecule has 1 saturated heterocycles. The number of anilines is 1. The quantitative estimate of drug-likeness (QED) is 0.601. The van der Waals surface area contributed by atoms with Gasteiger partial charge in [-0.1, -0.05) is 12.1 Å². The molecule has 0 saturated carbocycles. The Morgan fingerprint density at radius 1 is 1.06 bits per heavy atom. The Morgan fingerprint density at radius 3 is 2.55 bits per heavy atom. The van der Waals surface area contributed by atoms with Crippen LogP contribution in [0.5, 0.6) is 11.5 Å². The maximum absolute atomic E-state index is 13.0. The zero-order valence-electron chi connectivity index (χ0n) is 17.9. The van der Waals surface area contributed by atoms with Crippen molar-refractivity contribution < 1.29 is 17.9 Å². The zero-order chi connectivity index (χ0) is 22.0. The lowest BCUT2D eigenvalue weighted by Gasteiger charge is -2.20. The highest BCUT2D eigenvalue weighted by Crippen LogP contribution is 2.30. The van der Waals surface area contributed by atoms with Crippen molar-refractivity contribution in [3.8, 4) is 11.5 Å². The van der Waals surface area contributed by atoms with Crippen molar-refractivity contribution in [3.63, 3.8) is 0 Å². The molecule has 164 valence electrons. The minimum absolute atomic E-state index is 0.0252. The summed E-state index contributed by atoms with van der Waals surface area (Å²) in [6, 6.07) is 10.6. The lowest BCUT2D eigenvalue weighted by atomic mass is 10.1. The number of rotatable bonds is 7. The lowest BCUT2D eigenvalue weighted by molar-refractivity contribution is 0.386. The fraction of sp³-hybridized carbons (Fsp3) is 0.364. The molecule has 0 amide bonds. The Morgan fingerprint density at radius 2 is 1.84 bits per heavy atom. The summed E-state index contributed by atoms with van der Waals surface area (Å²) in [5.41, 5.74) is 1.87. The number of aromatic nitrogens is 2. The van der Waals surface area contributed by atoms with Crippen molar-refractivity contribution in [1.29, 1.82) is 0 Å². The van der Waals surface area contributed by atoms with E-state index in [1.165, 1.54) is 26.4 Å². The van der Waals surface area contributed by atoms with Gasteiger partial charge in [-0.25, -0.2) is 23.1 Å². The average molecular weight is 443 g/mol. The molecule has 2 heterocycles. The van der Waals surface area contributed by atoms with Gasteiger partial charge in [0.15, 0.2) is 0 Å². The van der Waals surface area contributed by atoms with Crippen molar-refractivity contribution in [2.75, 3.05) is 32.2 Å². The van der Waals surface area contributed by atoms with Gasteiger partial charge >= 0.3 is 0 Å². The number of benzene rings is 2. The summed E-state index contributed by atoms with van der Waals surface area (Å²) >= 11 is 0. The molecule has 1 fully saturated rings. The molecule has 1 N–H and O–H groups in total. The molecule has 0 spiro atoms. The van der Waals surface area contributed by atoms with Crippen LogP contribution < -0.4 is 19.1 Å². The summed E-state index contributed by atoms with van der Waals surface area (Å²) in [6.07, 6.45) is 2.24. The largest absolute Gasteiger partial charge is 0.497 e. The number of hydrogen-bond acceptors (Lipinski definition) is 7. The first kappa shape index (κ1) is 21.3. The van der Waals surface area contributed by atoms with Crippen LogP contribution in [0.2, 0.25) is 0 Å². The highest BCUT2D eigenvalue weighted by atomic mass is 32.2. The maximum atomic E-state index is 13.0. The monoisotopic (exact) mass is 442 g/mol. The molecular formula is C22H26N4O4S. The molecule has 2 aromatic carbocycles. The van der Waals surface area contributed by atoms with Gasteiger partial charge in [0.1, 0.15) is 28.0 Å². The van der Waals surface area contributed by atoms with Crippen molar-refractivity contribution in [3.05, 3.63) is 47.8 Å². The SMILES string of the molecule is COc1ccc(S(=O)(=O)NCc2nc(N3CCCC3)c3cccc(C)c3n2)c(OC)c1. The first-order valence-electron chi connectivity index (χ1n) is 10.2. The predicted molar refractivity (Wildman–Crippen MR) is 119 cm³/mol. The van der Waals surface area contributed by atoms with Gasteiger partial charge < -0.3 is 14.4 Å². The molecule has 1 aliphatic rings. The topological polar surface area (TPSA) is 93.7 Å². The third kappa shape index (κ3) is 4.28. The van der Waals surface area contributed by atoms with E-state index >= 15 is 0 Å². The van der Waals surface area contributed by atoms with E-state index in [4.69, 9.17) is 14.5 Å². The van der Waals surface area contributed by atoms with Crippen molar-refractivity contribution in [2.24, 2.45) is 0 Å². The van der Waals surface area contributed by atoms with Gasteiger partial charge in [0.2, 0.25) is 10.0 Å². The van der Waals surface area contributed by atoms with E-state index in [0.29, 0.717) is 11.6 Å². The van der Waals surface area contributed by atoms with E-state index < -0.39 is 10.0 Å². The fourth-order valence-electron chi connectivity index (χ4n) is 3.81. The predicted octanol–water partition coefficient (Wildman–Crippen LogP) is 3.03. The number of fused-ring (bicyclic) bond motifs is 1. The number of para-hydroxylation sites is 1. The van der Waals surface area contributed by atoms with Crippen LogP contribution in [-0.4, -0.2) is 45.7 Å². The summed E-state index contributed by atoms with van der Waals surface area (Å²) in [4.78, 5) is 11.7. The normalized spacial score (nSPS) is 14.2. The van der Waals surface area contributed by atoms with E-state index in [9.17, 15) is 8.42 Å².